The van der Waals surface area contributed by atoms with Crippen molar-refractivity contribution in [1.82, 2.24) is 9.55 Å². The molecular weight excluding hydrogens is 188 g/mol. The summed E-state index contributed by atoms with van der Waals surface area (Å²) in [7, 11) is 0. The van der Waals surface area contributed by atoms with Crippen molar-refractivity contribution < 1.29 is 0 Å². The van der Waals surface area contributed by atoms with Crippen molar-refractivity contribution in [3.8, 4) is 0 Å². The lowest BCUT2D eigenvalue weighted by atomic mass is 10.1. The highest BCUT2D eigenvalue weighted by atomic mass is 16.1. The minimum Gasteiger partial charge on any atom is -0.310 e. The summed E-state index contributed by atoms with van der Waals surface area (Å²) in [5.41, 5.74) is -0.172. The van der Waals surface area contributed by atoms with E-state index in [1.807, 2.05) is 39.1 Å². The molecule has 3 heteroatoms. The number of fused-ring (bicyclic) bond motifs is 1. The maximum absolute atomic E-state index is 12.1. The topological polar surface area (TPSA) is 34.9 Å². The van der Waals surface area contributed by atoms with Gasteiger partial charge in [-0.2, -0.15) is 0 Å². The molecule has 0 unspecified atom stereocenters. The standard InChI is InChI=1S/C12H14N2O/c1-12(2,3)14-7-5-9-4-6-13-8-10(9)11(14)15/h4-8H,1-3H3. The number of aromatic nitrogens is 2. The Hall–Kier alpha value is -1.64. The van der Waals surface area contributed by atoms with Crippen LogP contribution in [0.1, 0.15) is 20.8 Å². The molecule has 0 aliphatic carbocycles. The van der Waals surface area contributed by atoms with E-state index < -0.39 is 0 Å². The Bertz CT molecular complexity index is 549. The van der Waals surface area contributed by atoms with E-state index >= 15 is 0 Å². The maximum Gasteiger partial charge on any atom is 0.260 e. The van der Waals surface area contributed by atoms with Crippen molar-refractivity contribution in [2.75, 3.05) is 0 Å². The van der Waals surface area contributed by atoms with E-state index in [9.17, 15) is 4.79 Å². The van der Waals surface area contributed by atoms with Crippen molar-refractivity contribution in [1.29, 1.82) is 0 Å². The summed E-state index contributed by atoms with van der Waals surface area (Å²) < 4.78 is 1.73. The van der Waals surface area contributed by atoms with E-state index in [2.05, 4.69) is 4.98 Å². The molecule has 2 rings (SSSR count). The first kappa shape index (κ1) is 9.90. The van der Waals surface area contributed by atoms with Crippen LogP contribution in [0.5, 0.6) is 0 Å². The van der Waals surface area contributed by atoms with Crippen LogP contribution in [0, 0.1) is 0 Å². The lowest BCUT2D eigenvalue weighted by molar-refractivity contribution is 0.386. The zero-order chi connectivity index (χ0) is 11.1. The summed E-state index contributed by atoms with van der Waals surface area (Å²) in [4.78, 5) is 16.1. The van der Waals surface area contributed by atoms with Gasteiger partial charge in [0.2, 0.25) is 0 Å². The number of nitrogens with zero attached hydrogens (tertiary/aromatic N) is 2. The molecule has 0 aliphatic rings. The van der Waals surface area contributed by atoms with E-state index in [4.69, 9.17) is 0 Å². The first-order valence-electron chi connectivity index (χ1n) is 4.96. The molecule has 0 N–H and O–H groups in total. The molecule has 2 aromatic heterocycles. The summed E-state index contributed by atoms with van der Waals surface area (Å²) in [6.45, 7) is 6.03. The smallest absolute Gasteiger partial charge is 0.260 e. The molecular formula is C12H14N2O. The number of pyridine rings is 2. The van der Waals surface area contributed by atoms with E-state index in [0.29, 0.717) is 5.39 Å². The lowest BCUT2D eigenvalue weighted by Gasteiger charge is -2.22. The average Bonchev–Trinajstić information content (AvgIpc) is 2.16. The van der Waals surface area contributed by atoms with Crippen LogP contribution >= 0.6 is 0 Å². The van der Waals surface area contributed by atoms with Gasteiger partial charge >= 0.3 is 0 Å². The molecule has 0 fully saturated rings. The van der Waals surface area contributed by atoms with Gasteiger partial charge in [0.25, 0.3) is 5.56 Å². The highest BCUT2D eigenvalue weighted by molar-refractivity contribution is 5.80. The summed E-state index contributed by atoms with van der Waals surface area (Å²) in [5.74, 6) is 0. The van der Waals surface area contributed by atoms with Crippen LogP contribution in [-0.4, -0.2) is 9.55 Å². The van der Waals surface area contributed by atoms with Crippen LogP contribution in [0.2, 0.25) is 0 Å². The molecule has 2 heterocycles. The first-order chi connectivity index (χ1) is 7.00. The first-order valence-corrected chi connectivity index (χ1v) is 4.96. The fourth-order valence-corrected chi connectivity index (χ4v) is 1.61. The predicted molar refractivity (Wildman–Crippen MR) is 61.0 cm³/mol. The molecule has 0 saturated carbocycles. The van der Waals surface area contributed by atoms with E-state index in [0.717, 1.165) is 5.39 Å². The van der Waals surface area contributed by atoms with Gasteiger partial charge in [-0.15, -0.1) is 0 Å². The number of hydrogen-bond acceptors (Lipinski definition) is 2. The largest absolute Gasteiger partial charge is 0.310 e. The Morgan fingerprint density at radius 3 is 2.67 bits per heavy atom. The molecule has 15 heavy (non-hydrogen) atoms. The third kappa shape index (κ3) is 1.65. The summed E-state index contributed by atoms with van der Waals surface area (Å²) in [6, 6.07) is 3.80. The van der Waals surface area contributed by atoms with Crippen molar-refractivity contribution in [3.05, 3.63) is 41.1 Å². The van der Waals surface area contributed by atoms with E-state index in [1.165, 1.54) is 0 Å². The van der Waals surface area contributed by atoms with E-state index in [-0.39, 0.29) is 11.1 Å². The minimum atomic E-state index is -0.193. The van der Waals surface area contributed by atoms with Gasteiger partial charge < -0.3 is 4.57 Å². The number of hydrogen-bond donors (Lipinski definition) is 0. The van der Waals surface area contributed by atoms with Crippen LogP contribution in [0.3, 0.4) is 0 Å². The normalized spacial score (nSPS) is 11.9. The highest BCUT2D eigenvalue weighted by Crippen LogP contribution is 2.13. The van der Waals surface area contributed by atoms with E-state index in [1.54, 1.807) is 17.0 Å². The Kier molecular flexibility index (Phi) is 2.11. The van der Waals surface area contributed by atoms with Gasteiger partial charge in [-0.05, 0) is 38.3 Å². The lowest BCUT2D eigenvalue weighted by Crippen LogP contribution is -2.33. The van der Waals surface area contributed by atoms with Gasteiger partial charge in [-0.25, -0.2) is 0 Å². The zero-order valence-corrected chi connectivity index (χ0v) is 9.19. The fraction of sp³-hybridized carbons (Fsp3) is 0.333. The molecule has 0 amide bonds. The zero-order valence-electron chi connectivity index (χ0n) is 9.19. The Morgan fingerprint density at radius 2 is 2.00 bits per heavy atom. The molecule has 0 aliphatic heterocycles. The van der Waals surface area contributed by atoms with Crippen molar-refractivity contribution in [2.45, 2.75) is 26.3 Å². The summed E-state index contributed by atoms with van der Waals surface area (Å²) in [6.07, 6.45) is 5.16. The van der Waals surface area contributed by atoms with Crippen LogP contribution in [0.25, 0.3) is 10.8 Å². The second kappa shape index (κ2) is 3.19. The molecule has 0 atom stereocenters. The van der Waals surface area contributed by atoms with Crippen LogP contribution in [0.4, 0.5) is 0 Å². The Balaban J connectivity index is 2.83. The molecule has 2 aromatic rings. The van der Waals surface area contributed by atoms with Gasteiger partial charge in [0.1, 0.15) is 0 Å². The fourth-order valence-electron chi connectivity index (χ4n) is 1.61. The minimum absolute atomic E-state index is 0.0214. The summed E-state index contributed by atoms with van der Waals surface area (Å²) >= 11 is 0. The monoisotopic (exact) mass is 202 g/mol. The Morgan fingerprint density at radius 1 is 1.27 bits per heavy atom. The van der Waals surface area contributed by atoms with Crippen molar-refractivity contribution in [3.63, 3.8) is 0 Å². The second-order valence-corrected chi connectivity index (χ2v) is 4.62. The van der Waals surface area contributed by atoms with Gasteiger partial charge in [-0.1, -0.05) is 0 Å². The highest BCUT2D eigenvalue weighted by Gasteiger charge is 2.15. The van der Waals surface area contributed by atoms with Crippen LogP contribution in [-0.2, 0) is 5.54 Å². The average molecular weight is 202 g/mol. The maximum atomic E-state index is 12.1. The van der Waals surface area contributed by atoms with Gasteiger partial charge in [0.05, 0.1) is 5.39 Å². The SMILES string of the molecule is CC(C)(C)n1ccc2ccncc2c1=O. The van der Waals surface area contributed by atoms with Crippen LogP contribution < -0.4 is 5.56 Å². The number of rotatable bonds is 0. The molecule has 0 spiro atoms. The van der Waals surface area contributed by atoms with Crippen LogP contribution in [0.15, 0.2) is 35.5 Å². The Labute approximate surface area is 88.4 Å². The molecule has 0 saturated heterocycles. The van der Waals surface area contributed by atoms with Gasteiger partial charge in [-0.3, -0.25) is 9.78 Å². The molecule has 0 bridgehead atoms. The molecule has 78 valence electrons. The summed E-state index contributed by atoms with van der Waals surface area (Å²) in [5, 5.41) is 1.62. The third-order valence-corrected chi connectivity index (χ3v) is 2.43. The van der Waals surface area contributed by atoms with Gasteiger partial charge in [0, 0.05) is 24.1 Å². The second-order valence-electron chi connectivity index (χ2n) is 4.62. The predicted octanol–water partition coefficient (Wildman–Crippen LogP) is 2.15. The van der Waals surface area contributed by atoms with Crippen molar-refractivity contribution >= 4 is 10.8 Å². The van der Waals surface area contributed by atoms with Gasteiger partial charge in [0.15, 0.2) is 0 Å². The molecule has 3 nitrogen and oxygen atoms in total. The third-order valence-electron chi connectivity index (χ3n) is 2.43. The molecule has 0 aromatic carbocycles. The van der Waals surface area contributed by atoms with Crippen molar-refractivity contribution in [2.24, 2.45) is 0 Å². The molecule has 0 radical (unpaired) electrons. The quantitative estimate of drug-likeness (QED) is 0.656.